The Bertz CT molecular complexity index is 241. The summed E-state index contributed by atoms with van der Waals surface area (Å²) in [4.78, 5) is 24.9. The Morgan fingerprint density at radius 1 is 1.24 bits per heavy atom. The van der Waals surface area contributed by atoms with E-state index in [4.69, 9.17) is 4.74 Å². The van der Waals surface area contributed by atoms with Crippen molar-refractivity contribution < 1.29 is 14.3 Å². The Hall–Kier alpha value is -1.06. The van der Waals surface area contributed by atoms with Crippen LogP contribution >= 0.6 is 0 Å². The van der Waals surface area contributed by atoms with Crippen LogP contribution in [-0.2, 0) is 14.3 Å². The Morgan fingerprint density at radius 2 is 1.88 bits per heavy atom. The minimum Gasteiger partial charge on any atom is -0.465 e. The minimum absolute atomic E-state index is 0.0502. The van der Waals surface area contributed by atoms with Crippen LogP contribution in [0.5, 0.6) is 0 Å². The largest absolute Gasteiger partial charge is 0.465 e. The maximum atomic E-state index is 12.0. The first kappa shape index (κ1) is 15.9. The monoisotopic (exact) mass is 243 g/mol. The van der Waals surface area contributed by atoms with Gasteiger partial charge < -0.3 is 9.64 Å². The fourth-order valence-electron chi connectivity index (χ4n) is 1.50. The molecule has 0 saturated heterocycles. The van der Waals surface area contributed by atoms with E-state index in [9.17, 15) is 9.59 Å². The van der Waals surface area contributed by atoms with E-state index in [0.717, 1.165) is 12.8 Å². The van der Waals surface area contributed by atoms with Crippen molar-refractivity contribution in [2.75, 3.05) is 19.7 Å². The maximum Gasteiger partial charge on any atom is 0.325 e. The van der Waals surface area contributed by atoms with Crippen LogP contribution in [0.25, 0.3) is 0 Å². The first-order valence-corrected chi connectivity index (χ1v) is 6.48. The van der Waals surface area contributed by atoms with E-state index in [1.165, 1.54) is 0 Å². The molecule has 0 bridgehead atoms. The fraction of sp³-hybridized carbons (Fsp3) is 0.846. The van der Waals surface area contributed by atoms with Gasteiger partial charge in [0.2, 0.25) is 5.91 Å². The smallest absolute Gasteiger partial charge is 0.325 e. The molecular weight excluding hydrogens is 218 g/mol. The minimum atomic E-state index is -0.321. The highest BCUT2D eigenvalue weighted by Crippen LogP contribution is 2.09. The molecule has 0 aromatic rings. The van der Waals surface area contributed by atoms with Crippen molar-refractivity contribution in [3.63, 3.8) is 0 Å². The molecule has 0 saturated carbocycles. The maximum absolute atomic E-state index is 12.0. The molecule has 4 heteroatoms. The lowest BCUT2D eigenvalue weighted by molar-refractivity contribution is -0.149. The zero-order valence-electron chi connectivity index (χ0n) is 11.5. The molecule has 0 aliphatic carbocycles. The molecule has 1 unspecified atom stereocenters. The number of hydrogen-bond donors (Lipinski definition) is 0. The normalized spacial score (nSPS) is 12.0. The second-order valence-corrected chi connectivity index (χ2v) is 4.34. The van der Waals surface area contributed by atoms with E-state index >= 15 is 0 Å². The van der Waals surface area contributed by atoms with E-state index < -0.39 is 0 Å². The average Bonchev–Trinajstić information content (AvgIpc) is 2.28. The van der Waals surface area contributed by atoms with E-state index in [-0.39, 0.29) is 18.4 Å². The van der Waals surface area contributed by atoms with Gasteiger partial charge in [-0.15, -0.1) is 0 Å². The van der Waals surface area contributed by atoms with Crippen LogP contribution in [0.1, 0.15) is 47.0 Å². The molecule has 0 aliphatic rings. The average molecular weight is 243 g/mol. The molecule has 0 aliphatic heterocycles. The predicted molar refractivity (Wildman–Crippen MR) is 67.6 cm³/mol. The van der Waals surface area contributed by atoms with Gasteiger partial charge in [0.05, 0.1) is 6.61 Å². The van der Waals surface area contributed by atoms with Crippen molar-refractivity contribution >= 4 is 11.9 Å². The van der Waals surface area contributed by atoms with Gasteiger partial charge in [-0.1, -0.05) is 27.2 Å². The molecule has 0 aromatic heterocycles. The van der Waals surface area contributed by atoms with Gasteiger partial charge in [-0.3, -0.25) is 9.59 Å². The molecule has 0 heterocycles. The number of carbonyl (C=O) groups is 2. The van der Waals surface area contributed by atoms with Crippen molar-refractivity contribution in [2.24, 2.45) is 5.92 Å². The molecule has 100 valence electrons. The van der Waals surface area contributed by atoms with E-state index in [0.29, 0.717) is 25.5 Å². The summed E-state index contributed by atoms with van der Waals surface area (Å²) < 4.78 is 4.87. The molecule has 0 fully saturated rings. The lowest BCUT2D eigenvalue weighted by Gasteiger charge is -2.22. The van der Waals surface area contributed by atoms with Gasteiger partial charge in [0.1, 0.15) is 6.54 Å². The molecule has 1 amide bonds. The van der Waals surface area contributed by atoms with Crippen LogP contribution in [0.15, 0.2) is 0 Å². The van der Waals surface area contributed by atoms with E-state index in [1.54, 1.807) is 11.8 Å². The second kappa shape index (κ2) is 9.02. The van der Waals surface area contributed by atoms with Crippen LogP contribution in [-0.4, -0.2) is 36.5 Å². The molecule has 0 spiro atoms. The Balaban J connectivity index is 4.29. The standard InChI is InChI=1S/C13H25NO3/c1-5-8-14(10-13(16)17-7-3)12(15)9-11(4)6-2/h11H,5-10H2,1-4H3. The first-order chi connectivity index (χ1) is 8.04. The highest BCUT2D eigenvalue weighted by molar-refractivity contribution is 5.82. The van der Waals surface area contributed by atoms with E-state index in [1.807, 2.05) is 13.8 Å². The fourth-order valence-corrected chi connectivity index (χ4v) is 1.50. The molecular formula is C13H25NO3. The van der Waals surface area contributed by atoms with Crippen molar-refractivity contribution in [3.8, 4) is 0 Å². The summed E-state index contributed by atoms with van der Waals surface area (Å²) in [6, 6.07) is 0. The zero-order chi connectivity index (χ0) is 13.3. The number of rotatable bonds is 8. The molecule has 0 rings (SSSR count). The summed E-state index contributed by atoms with van der Waals surface area (Å²) in [6.07, 6.45) is 2.34. The molecule has 1 atom stereocenters. The van der Waals surface area contributed by atoms with Crippen molar-refractivity contribution in [1.82, 2.24) is 4.90 Å². The van der Waals surface area contributed by atoms with Crippen LogP contribution in [0.2, 0.25) is 0 Å². The third-order valence-electron chi connectivity index (χ3n) is 2.69. The Morgan fingerprint density at radius 3 is 2.35 bits per heavy atom. The van der Waals surface area contributed by atoms with E-state index in [2.05, 4.69) is 6.92 Å². The Kier molecular flexibility index (Phi) is 8.46. The molecule has 0 radical (unpaired) electrons. The summed E-state index contributed by atoms with van der Waals surface area (Å²) in [6.45, 7) is 8.93. The van der Waals surface area contributed by atoms with Gasteiger partial charge in [0, 0.05) is 13.0 Å². The number of esters is 1. The van der Waals surface area contributed by atoms with Gasteiger partial charge in [0.25, 0.3) is 0 Å². The first-order valence-electron chi connectivity index (χ1n) is 6.48. The summed E-state index contributed by atoms with van der Waals surface area (Å²) in [7, 11) is 0. The van der Waals surface area contributed by atoms with Crippen LogP contribution in [0, 0.1) is 5.92 Å². The van der Waals surface area contributed by atoms with Gasteiger partial charge in [-0.25, -0.2) is 0 Å². The predicted octanol–water partition coefficient (Wildman–Crippen LogP) is 2.22. The second-order valence-electron chi connectivity index (χ2n) is 4.34. The van der Waals surface area contributed by atoms with Gasteiger partial charge in [-0.05, 0) is 19.3 Å². The Labute approximate surface area is 104 Å². The summed E-state index contributed by atoms with van der Waals surface area (Å²) >= 11 is 0. The third-order valence-corrected chi connectivity index (χ3v) is 2.69. The number of nitrogens with zero attached hydrogens (tertiary/aromatic N) is 1. The molecule has 0 aromatic carbocycles. The quantitative estimate of drug-likeness (QED) is 0.614. The van der Waals surface area contributed by atoms with Crippen LogP contribution in [0.3, 0.4) is 0 Å². The summed E-state index contributed by atoms with van der Waals surface area (Å²) in [5.74, 6) is 0.0942. The van der Waals surface area contributed by atoms with Crippen LogP contribution < -0.4 is 0 Å². The SMILES string of the molecule is CCCN(CC(=O)OCC)C(=O)CC(C)CC. The van der Waals surface area contributed by atoms with Crippen molar-refractivity contribution in [1.29, 1.82) is 0 Å². The molecule has 0 N–H and O–H groups in total. The zero-order valence-corrected chi connectivity index (χ0v) is 11.5. The van der Waals surface area contributed by atoms with Crippen molar-refractivity contribution in [2.45, 2.75) is 47.0 Å². The number of amides is 1. The van der Waals surface area contributed by atoms with Gasteiger partial charge in [-0.2, -0.15) is 0 Å². The molecule has 17 heavy (non-hydrogen) atoms. The highest BCUT2D eigenvalue weighted by Gasteiger charge is 2.18. The molecule has 4 nitrogen and oxygen atoms in total. The summed E-state index contributed by atoms with van der Waals surface area (Å²) in [5, 5.41) is 0. The number of carbonyl (C=O) groups excluding carboxylic acids is 2. The highest BCUT2D eigenvalue weighted by atomic mass is 16.5. The lowest BCUT2D eigenvalue weighted by Crippen LogP contribution is -2.37. The summed E-state index contributed by atoms with van der Waals surface area (Å²) in [5.41, 5.74) is 0. The van der Waals surface area contributed by atoms with Crippen molar-refractivity contribution in [3.05, 3.63) is 0 Å². The third kappa shape index (κ3) is 6.97. The lowest BCUT2D eigenvalue weighted by atomic mass is 10.0. The number of ether oxygens (including phenoxy) is 1. The van der Waals surface area contributed by atoms with Crippen LogP contribution in [0.4, 0.5) is 0 Å². The van der Waals surface area contributed by atoms with Gasteiger partial charge in [0.15, 0.2) is 0 Å². The topological polar surface area (TPSA) is 46.6 Å². The number of hydrogen-bond acceptors (Lipinski definition) is 3. The van der Waals surface area contributed by atoms with Gasteiger partial charge >= 0.3 is 5.97 Å².